The highest BCUT2D eigenvalue weighted by Crippen LogP contribution is 2.31. The summed E-state index contributed by atoms with van der Waals surface area (Å²) in [6.45, 7) is 1.79. The summed E-state index contributed by atoms with van der Waals surface area (Å²) in [5.74, 6) is 0.601. The van der Waals surface area contributed by atoms with E-state index in [1.807, 2.05) is 30.3 Å². The number of aromatic nitrogens is 1. The standard InChI is InChI=1S/C12H10N2OS/c1-9-14-11(7-8-13)12(15-9)16-10-5-3-2-4-6-10/h2-6H,7H2,1H3. The Hall–Kier alpha value is -1.73. The summed E-state index contributed by atoms with van der Waals surface area (Å²) < 4.78 is 5.47. The minimum absolute atomic E-state index is 0.284. The van der Waals surface area contributed by atoms with Crippen molar-refractivity contribution in [2.24, 2.45) is 0 Å². The Morgan fingerprint density at radius 2 is 2.12 bits per heavy atom. The molecular weight excluding hydrogens is 220 g/mol. The summed E-state index contributed by atoms with van der Waals surface area (Å²) in [5.41, 5.74) is 0.717. The predicted octanol–water partition coefficient (Wildman–Crippen LogP) is 3.20. The molecule has 0 fully saturated rings. The van der Waals surface area contributed by atoms with Crippen LogP contribution in [0, 0.1) is 18.3 Å². The zero-order valence-corrected chi connectivity index (χ0v) is 9.62. The van der Waals surface area contributed by atoms with Gasteiger partial charge < -0.3 is 4.42 Å². The van der Waals surface area contributed by atoms with E-state index in [0.29, 0.717) is 16.7 Å². The van der Waals surface area contributed by atoms with E-state index >= 15 is 0 Å². The third-order valence-electron chi connectivity index (χ3n) is 1.97. The van der Waals surface area contributed by atoms with Gasteiger partial charge in [0.05, 0.1) is 12.5 Å². The van der Waals surface area contributed by atoms with Crippen LogP contribution in [0.1, 0.15) is 11.6 Å². The third kappa shape index (κ3) is 2.44. The van der Waals surface area contributed by atoms with Crippen molar-refractivity contribution in [3.05, 3.63) is 41.9 Å². The van der Waals surface area contributed by atoms with Crippen LogP contribution in [-0.2, 0) is 6.42 Å². The number of hydrogen-bond donors (Lipinski definition) is 0. The van der Waals surface area contributed by atoms with Gasteiger partial charge in [0.1, 0.15) is 5.69 Å². The molecule has 0 N–H and O–H groups in total. The van der Waals surface area contributed by atoms with Crippen LogP contribution >= 0.6 is 11.8 Å². The van der Waals surface area contributed by atoms with Crippen molar-refractivity contribution in [2.45, 2.75) is 23.3 Å². The first kappa shape index (κ1) is 10.8. The second kappa shape index (κ2) is 4.86. The van der Waals surface area contributed by atoms with Gasteiger partial charge >= 0.3 is 0 Å². The molecule has 1 aromatic heterocycles. The van der Waals surface area contributed by atoms with Gasteiger partial charge in [-0.05, 0) is 12.1 Å². The Morgan fingerprint density at radius 1 is 1.38 bits per heavy atom. The van der Waals surface area contributed by atoms with E-state index in [0.717, 1.165) is 4.90 Å². The van der Waals surface area contributed by atoms with Crippen molar-refractivity contribution < 1.29 is 4.42 Å². The second-order valence-corrected chi connectivity index (χ2v) is 4.26. The molecule has 0 unspecified atom stereocenters. The van der Waals surface area contributed by atoms with Crippen LogP contribution < -0.4 is 0 Å². The molecule has 0 aliphatic heterocycles. The number of benzene rings is 1. The highest BCUT2D eigenvalue weighted by molar-refractivity contribution is 7.99. The van der Waals surface area contributed by atoms with Crippen molar-refractivity contribution in [3.8, 4) is 6.07 Å². The zero-order chi connectivity index (χ0) is 11.4. The topological polar surface area (TPSA) is 49.8 Å². The second-order valence-electron chi connectivity index (χ2n) is 3.22. The lowest BCUT2D eigenvalue weighted by Crippen LogP contribution is -1.84. The minimum Gasteiger partial charge on any atom is -0.434 e. The van der Waals surface area contributed by atoms with Gasteiger partial charge in [0, 0.05) is 11.8 Å². The largest absolute Gasteiger partial charge is 0.434 e. The molecule has 2 rings (SSSR count). The Balaban J connectivity index is 2.24. The maximum absolute atomic E-state index is 8.68. The highest BCUT2D eigenvalue weighted by atomic mass is 32.2. The van der Waals surface area contributed by atoms with Gasteiger partial charge in [-0.3, -0.25) is 0 Å². The molecule has 0 amide bonds. The summed E-state index contributed by atoms with van der Waals surface area (Å²) in [7, 11) is 0. The van der Waals surface area contributed by atoms with Gasteiger partial charge in [0.2, 0.25) is 0 Å². The number of hydrogen-bond acceptors (Lipinski definition) is 4. The zero-order valence-electron chi connectivity index (χ0n) is 8.80. The average Bonchev–Trinajstić information content (AvgIpc) is 2.61. The van der Waals surface area contributed by atoms with Gasteiger partial charge in [0.25, 0.3) is 0 Å². The van der Waals surface area contributed by atoms with E-state index in [2.05, 4.69) is 11.1 Å². The van der Waals surface area contributed by atoms with E-state index in [-0.39, 0.29) is 6.42 Å². The number of rotatable bonds is 3. The van der Waals surface area contributed by atoms with Crippen LogP contribution in [0.2, 0.25) is 0 Å². The van der Waals surface area contributed by atoms with E-state index in [1.165, 1.54) is 11.8 Å². The van der Waals surface area contributed by atoms with Gasteiger partial charge in [-0.15, -0.1) is 0 Å². The Kier molecular flexibility index (Phi) is 3.28. The Morgan fingerprint density at radius 3 is 2.81 bits per heavy atom. The molecule has 80 valence electrons. The van der Waals surface area contributed by atoms with Crippen LogP contribution in [0.15, 0.2) is 44.7 Å². The fraction of sp³-hybridized carbons (Fsp3) is 0.167. The molecule has 2 aromatic rings. The smallest absolute Gasteiger partial charge is 0.192 e. The molecule has 0 radical (unpaired) electrons. The van der Waals surface area contributed by atoms with Gasteiger partial charge in [-0.1, -0.05) is 30.0 Å². The molecule has 0 aliphatic carbocycles. The fourth-order valence-corrected chi connectivity index (χ4v) is 2.22. The van der Waals surface area contributed by atoms with Crippen LogP contribution in [0.4, 0.5) is 0 Å². The molecule has 1 heterocycles. The van der Waals surface area contributed by atoms with Crippen LogP contribution in [-0.4, -0.2) is 4.98 Å². The molecule has 0 saturated heterocycles. The molecule has 16 heavy (non-hydrogen) atoms. The lowest BCUT2D eigenvalue weighted by molar-refractivity contribution is 0.439. The van der Waals surface area contributed by atoms with E-state index < -0.39 is 0 Å². The fourth-order valence-electron chi connectivity index (χ4n) is 1.31. The molecule has 1 aromatic carbocycles. The van der Waals surface area contributed by atoms with Crippen molar-refractivity contribution in [1.29, 1.82) is 5.26 Å². The van der Waals surface area contributed by atoms with Gasteiger partial charge in [-0.2, -0.15) is 5.26 Å². The van der Waals surface area contributed by atoms with E-state index in [9.17, 15) is 0 Å². The first-order valence-corrected chi connectivity index (χ1v) is 5.67. The van der Waals surface area contributed by atoms with Crippen molar-refractivity contribution >= 4 is 11.8 Å². The maximum atomic E-state index is 8.68. The Bertz CT molecular complexity index is 514. The summed E-state index contributed by atoms with van der Waals surface area (Å²) in [5, 5.41) is 9.39. The van der Waals surface area contributed by atoms with E-state index in [1.54, 1.807) is 6.92 Å². The van der Waals surface area contributed by atoms with Gasteiger partial charge in [-0.25, -0.2) is 4.98 Å². The first-order valence-electron chi connectivity index (χ1n) is 4.86. The number of aryl methyl sites for hydroxylation is 1. The molecule has 0 atom stereocenters. The van der Waals surface area contributed by atoms with E-state index in [4.69, 9.17) is 9.68 Å². The van der Waals surface area contributed by atoms with Crippen LogP contribution in [0.25, 0.3) is 0 Å². The quantitative estimate of drug-likeness (QED) is 0.812. The molecular formula is C12H10N2OS. The molecule has 3 nitrogen and oxygen atoms in total. The molecule has 4 heteroatoms. The molecule has 0 aliphatic rings. The molecule has 0 saturated carbocycles. The normalized spacial score (nSPS) is 10.0. The lowest BCUT2D eigenvalue weighted by Gasteiger charge is -1.97. The number of oxazole rings is 1. The molecule has 0 bridgehead atoms. The summed E-state index contributed by atoms with van der Waals surface area (Å²) in [6.07, 6.45) is 0.284. The monoisotopic (exact) mass is 230 g/mol. The minimum atomic E-state index is 0.284. The lowest BCUT2D eigenvalue weighted by atomic mass is 10.4. The average molecular weight is 230 g/mol. The summed E-state index contributed by atoms with van der Waals surface area (Å²) in [6, 6.07) is 12.0. The van der Waals surface area contributed by atoms with Crippen LogP contribution in [0.5, 0.6) is 0 Å². The Labute approximate surface area is 98.1 Å². The number of nitriles is 1. The highest BCUT2D eigenvalue weighted by Gasteiger charge is 2.11. The first-order chi connectivity index (χ1) is 7.79. The predicted molar refractivity (Wildman–Crippen MR) is 61.1 cm³/mol. The summed E-state index contributed by atoms with van der Waals surface area (Å²) in [4.78, 5) is 5.27. The maximum Gasteiger partial charge on any atom is 0.192 e. The summed E-state index contributed by atoms with van der Waals surface area (Å²) >= 11 is 1.49. The molecule has 0 spiro atoms. The van der Waals surface area contributed by atoms with Crippen molar-refractivity contribution in [2.75, 3.05) is 0 Å². The number of nitrogens with zero attached hydrogens (tertiary/aromatic N) is 2. The van der Waals surface area contributed by atoms with Crippen molar-refractivity contribution in [3.63, 3.8) is 0 Å². The third-order valence-corrected chi connectivity index (χ3v) is 2.98. The van der Waals surface area contributed by atoms with Gasteiger partial charge in [0.15, 0.2) is 11.0 Å². The van der Waals surface area contributed by atoms with Crippen molar-refractivity contribution in [1.82, 2.24) is 4.98 Å². The van der Waals surface area contributed by atoms with Crippen LogP contribution in [0.3, 0.4) is 0 Å². The SMILES string of the molecule is Cc1nc(CC#N)c(Sc2ccccc2)o1.